The minimum Gasteiger partial charge on any atom is -0.350 e. The molecule has 1 atom stereocenters. The van der Waals surface area contributed by atoms with Crippen LogP contribution in [0.3, 0.4) is 0 Å². The number of benzene rings is 2. The van der Waals surface area contributed by atoms with Crippen molar-refractivity contribution in [1.29, 1.82) is 0 Å². The Morgan fingerprint density at radius 3 is 2.57 bits per heavy atom. The van der Waals surface area contributed by atoms with Gasteiger partial charge < -0.3 is 5.32 Å². The van der Waals surface area contributed by atoms with Crippen molar-refractivity contribution < 1.29 is 4.79 Å². The van der Waals surface area contributed by atoms with Gasteiger partial charge in [-0.05, 0) is 43.5 Å². The van der Waals surface area contributed by atoms with Crippen molar-refractivity contribution in [2.75, 3.05) is 0 Å². The molecule has 0 saturated carbocycles. The molecule has 2 nitrogen and oxygen atoms in total. The molecule has 110 valence electrons. The number of aryl methyl sites for hydroxylation is 1. The second kappa shape index (κ2) is 7.48. The Balaban J connectivity index is 1.91. The van der Waals surface area contributed by atoms with Crippen LogP contribution < -0.4 is 5.32 Å². The molecule has 2 rings (SSSR count). The van der Waals surface area contributed by atoms with Gasteiger partial charge in [-0.3, -0.25) is 4.79 Å². The largest absolute Gasteiger partial charge is 0.350 e. The van der Waals surface area contributed by atoms with Crippen molar-refractivity contribution in [3.8, 4) is 0 Å². The highest BCUT2D eigenvalue weighted by atomic mass is 35.5. The summed E-state index contributed by atoms with van der Waals surface area (Å²) in [5.41, 5.74) is 1.68. The zero-order valence-corrected chi connectivity index (χ0v) is 13.3. The molecule has 21 heavy (non-hydrogen) atoms. The van der Waals surface area contributed by atoms with Crippen LogP contribution >= 0.6 is 23.2 Å². The van der Waals surface area contributed by atoms with E-state index in [1.54, 1.807) is 18.2 Å². The van der Waals surface area contributed by atoms with Gasteiger partial charge >= 0.3 is 0 Å². The lowest BCUT2D eigenvalue weighted by atomic mass is 10.1. The van der Waals surface area contributed by atoms with E-state index < -0.39 is 0 Å². The number of rotatable bonds is 5. The second-order valence-corrected chi connectivity index (χ2v) is 5.87. The minimum atomic E-state index is -0.192. The normalized spacial score (nSPS) is 12.0. The summed E-state index contributed by atoms with van der Waals surface area (Å²) in [6.45, 7) is 1.99. The highest BCUT2D eigenvalue weighted by Gasteiger charge is 2.13. The van der Waals surface area contributed by atoms with E-state index in [9.17, 15) is 4.79 Å². The molecule has 0 bridgehead atoms. The lowest BCUT2D eigenvalue weighted by Gasteiger charge is -2.14. The number of hydrogen-bond donors (Lipinski definition) is 1. The summed E-state index contributed by atoms with van der Waals surface area (Å²) in [7, 11) is 0. The highest BCUT2D eigenvalue weighted by molar-refractivity contribution is 6.35. The predicted molar refractivity (Wildman–Crippen MR) is 88.2 cm³/mol. The van der Waals surface area contributed by atoms with Crippen molar-refractivity contribution >= 4 is 29.1 Å². The fourth-order valence-corrected chi connectivity index (χ4v) is 2.45. The zero-order chi connectivity index (χ0) is 15.2. The fourth-order valence-electron chi connectivity index (χ4n) is 2.07. The van der Waals surface area contributed by atoms with Gasteiger partial charge in [0.05, 0.1) is 10.6 Å². The summed E-state index contributed by atoms with van der Waals surface area (Å²) in [6, 6.07) is 15.2. The molecular formula is C17H17Cl2NO. The van der Waals surface area contributed by atoms with Gasteiger partial charge in [0.15, 0.2) is 0 Å². The molecule has 0 aromatic heterocycles. The third-order valence-corrected chi connectivity index (χ3v) is 3.82. The maximum atomic E-state index is 12.2. The van der Waals surface area contributed by atoms with E-state index in [1.807, 2.05) is 25.1 Å². The maximum absolute atomic E-state index is 12.2. The summed E-state index contributed by atoms with van der Waals surface area (Å²) in [5, 5.41) is 3.86. The summed E-state index contributed by atoms with van der Waals surface area (Å²) in [6.07, 6.45) is 1.79. The highest BCUT2D eigenvalue weighted by Crippen LogP contribution is 2.20. The topological polar surface area (TPSA) is 29.1 Å². The van der Waals surface area contributed by atoms with E-state index in [2.05, 4.69) is 17.4 Å². The van der Waals surface area contributed by atoms with Gasteiger partial charge in [0, 0.05) is 11.1 Å². The van der Waals surface area contributed by atoms with Crippen LogP contribution in [0, 0.1) is 0 Å². The van der Waals surface area contributed by atoms with Gasteiger partial charge in [-0.1, -0.05) is 53.5 Å². The third-order valence-electron chi connectivity index (χ3n) is 3.26. The Bertz CT molecular complexity index is 613. The Morgan fingerprint density at radius 2 is 1.86 bits per heavy atom. The van der Waals surface area contributed by atoms with E-state index >= 15 is 0 Å². The smallest absolute Gasteiger partial charge is 0.253 e. The van der Waals surface area contributed by atoms with Crippen molar-refractivity contribution in [2.45, 2.75) is 25.8 Å². The molecule has 0 fully saturated rings. The average Bonchev–Trinajstić information content (AvgIpc) is 2.48. The van der Waals surface area contributed by atoms with Crippen LogP contribution in [0.1, 0.15) is 29.3 Å². The van der Waals surface area contributed by atoms with Crippen molar-refractivity contribution in [1.82, 2.24) is 5.32 Å². The van der Waals surface area contributed by atoms with Crippen LogP contribution in [-0.2, 0) is 6.42 Å². The van der Waals surface area contributed by atoms with Gasteiger partial charge in [-0.2, -0.15) is 0 Å². The van der Waals surface area contributed by atoms with Gasteiger partial charge in [0.2, 0.25) is 0 Å². The van der Waals surface area contributed by atoms with E-state index in [1.165, 1.54) is 5.56 Å². The molecule has 0 saturated heterocycles. The first-order valence-corrected chi connectivity index (χ1v) is 7.61. The predicted octanol–water partition coefficient (Wildman–Crippen LogP) is 4.74. The molecule has 1 unspecified atom stereocenters. The first-order chi connectivity index (χ1) is 10.1. The second-order valence-electron chi connectivity index (χ2n) is 5.02. The first-order valence-electron chi connectivity index (χ1n) is 6.86. The first kappa shape index (κ1) is 15.9. The number of halogens is 2. The molecule has 0 aliphatic heterocycles. The Morgan fingerprint density at radius 1 is 1.14 bits per heavy atom. The van der Waals surface area contributed by atoms with Crippen molar-refractivity contribution in [3.05, 3.63) is 69.7 Å². The lowest BCUT2D eigenvalue weighted by Crippen LogP contribution is -2.33. The third kappa shape index (κ3) is 4.76. The monoisotopic (exact) mass is 321 g/mol. The summed E-state index contributed by atoms with van der Waals surface area (Å²) >= 11 is 11.9. The van der Waals surface area contributed by atoms with Gasteiger partial charge in [-0.25, -0.2) is 0 Å². The molecule has 0 aliphatic carbocycles. The van der Waals surface area contributed by atoms with Crippen LogP contribution in [0.15, 0.2) is 48.5 Å². The summed E-state index contributed by atoms with van der Waals surface area (Å²) in [4.78, 5) is 12.2. The number of carbonyl (C=O) groups excluding carboxylic acids is 1. The number of carbonyl (C=O) groups is 1. The molecule has 4 heteroatoms. The van der Waals surface area contributed by atoms with Gasteiger partial charge in [0.1, 0.15) is 0 Å². The van der Waals surface area contributed by atoms with Crippen LogP contribution in [0.25, 0.3) is 0 Å². The fraction of sp³-hybridized carbons (Fsp3) is 0.235. The molecule has 0 heterocycles. The number of nitrogens with one attached hydrogen (secondary N) is 1. The van der Waals surface area contributed by atoms with E-state index in [0.29, 0.717) is 15.6 Å². The molecule has 1 amide bonds. The van der Waals surface area contributed by atoms with Gasteiger partial charge in [-0.15, -0.1) is 0 Å². The maximum Gasteiger partial charge on any atom is 0.253 e. The molecule has 2 aromatic rings. The van der Waals surface area contributed by atoms with E-state index in [0.717, 1.165) is 12.8 Å². The molecule has 0 radical (unpaired) electrons. The summed E-state index contributed by atoms with van der Waals surface area (Å²) < 4.78 is 0. The SMILES string of the molecule is CC(CCc1ccccc1)NC(=O)c1cc(Cl)ccc1Cl. The molecule has 1 N–H and O–H groups in total. The Hall–Kier alpha value is -1.51. The van der Waals surface area contributed by atoms with Crippen LogP contribution in [0.4, 0.5) is 0 Å². The van der Waals surface area contributed by atoms with Crippen molar-refractivity contribution in [2.24, 2.45) is 0 Å². The van der Waals surface area contributed by atoms with Crippen molar-refractivity contribution in [3.63, 3.8) is 0 Å². The van der Waals surface area contributed by atoms with Crippen LogP contribution in [-0.4, -0.2) is 11.9 Å². The van der Waals surface area contributed by atoms with E-state index in [-0.39, 0.29) is 11.9 Å². The van der Waals surface area contributed by atoms with Crippen LogP contribution in [0.5, 0.6) is 0 Å². The molecular weight excluding hydrogens is 305 g/mol. The number of hydrogen-bond acceptors (Lipinski definition) is 1. The standard InChI is InChI=1S/C17H17Cl2NO/c1-12(7-8-13-5-3-2-4-6-13)20-17(21)15-11-14(18)9-10-16(15)19/h2-6,9-12H,7-8H2,1H3,(H,20,21). The quantitative estimate of drug-likeness (QED) is 0.846. The minimum absolute atomic E-state index is 0.0627. The molecule has 0 aliphatic rings. The average molecular weight is 322 g/mol. The zero-order valence-electron chi connectivity index (χ0n) is 11.8. The van der Waals surface area contributed by atoms with Gasteiger partial charge in [0.25, 0.3) is 5.91 Å². The lowest BCUT2D eigenvalue weighted by molar-refractivity contribution is 0.0938. The molecule has 0 spiro atoms. The summed E-state index contributed by atoms with van der Waals surface area (Å²) in [5.74, 6) is -0.192. The van der Waals surface area contributed by atoms with E-state index in [4.69, 9.17) is 23.2 Å². The molecule has 2 aromatic carbocycles. The number of amides is 1. The van der Waals surface area contributed by atoms with Crippen LogP contribution in [0.2, 0.25) is 10.0 Å². The Kier molecular flexibility index (Phi) is 5.66. The Labute approximate surface area is 135 Å².